The van der Waals surface area contributed by atoms with Crippen LogP contribution in [0.1, 0.15) is 38.4 Å². The standard InChI is InChI=1S/C25H30ClN5O2/c1-2-30(16-23-28-22-15-18(26)7-12-21(22)25(33)29-23)17-24(32)27-19-8-10-20(11-9-19)31-13-5-3-4-6-14-31/h7-12,15H,2-6,13-14,16-17H2,1H3,(H,27,32)(H,28,29,33). The van der Waals surface area contributed by atoms with E-state index in [9.17, 15) is 9.59 Å². The van der Waals surface area contributed by atoms with Crippen LogP contribution in [-0.4, -0.2) is 47.0 Å². The molecule has 1 amide bonds. The summed E-state index contributed by atoms with van der Waals surface area (Å²) in [6, 6.07) is 13.1. The van der Waals surface area contributed by atoms with Crippen LogP contribution in [0.5, 0.6) is 0 Å². The molecule has 2 N–H and O–H groups in total. The zero-order chi connectivity index (χ0) is 23.2. The number of benzene rings is 2. The van der Waals surface area contributed by atoms with E-state index < -0.39 is 0 Å². The number of anilines is 2. The number of carbonyl (C=O) groups is 1. The van der Waals surface area contributed by atoms with Crippen molar-refractivity contribution in [2.24, 2.45) is 0 Å². The number of carbonyl (C=O) groups excluding carboxylic acids is 1. The maximum absolute atomic E-state index is 12.7. The first-order valence-electron chi connectivity index (χ1n) is 11.6. The van der Waals surface area contributed by atoms with Gasteiger partial charge in [0.15, 0.2) is 0 Å². The van der Waals surface area contributed by atoms with Crippen molar-refractivity contribution < 1.29 is 4.79 Å². The van der Waals surface area contributed by atoms with Crippen molar-refractivity contribution in [1.82, 2.24) is 14.9 Å². The third kappa shape index (κ3) is 6.12. The second-order valence-electron chi connectivity index (χ2n) is 8.47. The average molecular weight is 468 g/mol. The molecule has 0 bridgehead atoms. The normalized spacial score (nSPS) is 14.5. The Morgan fingerprint density at radius 3 is 2.55 bits per heavy atom. The van der Waals surface area contributed by atoms with Gasteiger partial charge in [-0.3, -0.25) is 14.5 Å². The van der Waals surface area contributed by atoms with E-state index in [0.717, 1.165) is 18.8 Å². The topological polar surface area (TPSA) is 81.3 Å². The minimum Gasteiger partial charge on any atom is -0.372 e. The molecule has 0 radical (unpaired) electrons. The zero-order valence-electron chi connectivity index (χ0n) is 18.9. The van der Waals surface area contributed by atoms with E-state index in [4.69, 9.17) is 11.6 Å². The third-order valence-corrected chi connectivity index (χ3v) is 6.26. The minimum atomic E-state index is -0.211. The van der Waals surface area contributed by atoms with Crippen molar-refractivity contribution in [3.05, 3.63) is 63.7 Å². The number of fused-ring (bicyclic) bond motifs is 1. The predicted molar refractivity (Wildman–Crippen MR) is 134 cm³/mol. The van der Waals surface area contributed by atoms with Crippen LogP contribution in [0.15, 0.2) is 47.3 Å². The molecular weight excluding hydrogens is 438 g/mol. The first-order chi connectivity index (χ1) is 16.0. The van der Waals surface area contributed by atoms with Gasteiger partial charge in [0.1, 0.15) is 5.82 Å². The number of amides is 1. The Morgan fingerprint density at radius 1 is 1.12 bits per heavy atom. The highest BCUT2D eigenvalue weighted by Crippen LogP contribution is 2.21. The quantitative estimate of drug-likeness (QED) is 0.537. The molecule has 0 atom stereocenters. The van der Waals surface area contributed by atoms with Gasteiger partial charge in [0.05, 0.1) is 24.0 Å². The monoisotopic (exact) mass is 467 g/mol. The van der Waals surface area contributed by atoms with Crippen molar-refractivity contribution in [3.63, 3.8) is 0 Å². The van der Waals surface area contributed by atoms with E-state index in [1.165, 1.54) is 31.4 Å². The molecule has 33 heavy (non-hydrogen) atoms. The molecule has 0 unspecified atom stereocenters. The van der Waals surface area contributed by atoms with Gasteiger partial charge in [0, 0.05) is 29.5 Å². The summed E-state index contributed by atoms with van der Waals surface area (Å²) in [6.07, 6.45) is 5.06. The lowest BCUT2D eigenvalue weighted by atomic mass is 10.2. The Bertz CT molecular complexity index is 1150. The molecule has 2 aromatic carbocycles. The highest BCUT2D eigenvalue weighted by atomic mass is 35.5. The Labute approximate surface area is 198 Å². The molecule has 0 aliphatic carbocycles. The van der Waals surface area contributed by atoms with Crippen LogP contribution in [-0.2, 0) is 11.3 Å². The molecule has 0 spiro atoms. The van der Waals surface area contributed by atoms with Crippen LogP contribution in [0.25, 0.3) is 10.9 Å². The molecule has 7 nitrogen and oxygen atoms in total. The van der Waals surface area contributed by atoms with E-state index in [1.54, 1.807) is 18.2 Å². The number of nitrogens with zero attached hydrogens (tertiary/aromatic N) is 3. The van der Waals surface area contributed by atoms with Gasteiger partial charge in [-0.05, 0) is 61.9 Å². The summed E-state index contributed by atoms with van der Waals surface area (Å²) in [5, 5.41) is 4.00. The number of aromatic nitrogens is 2. The first-order valence-corrected chi connectivity index (χ1v) is 12.0. The molecule has 4 rings (SSSR count). The highest BCUT2D eigenvalue weighted by molar-refractivity contribution is 6.31. The number of H-pyrrole nitrogens is 1. The number of hydrogen-bond donors (Lipinski definition) is 2. The van der Waals surface area contributed by atoms with Crippen molar-refractivity contribution in [2.45, 2.75) is 39.2 Å². The Balaban J connectivity index is 1.37. The molecule has 0 saturated carbocycles. The number of nitrogens with one attached hydrogen (secondary N) is 2. The average Bonchev–Trinajstić information content (AvgIpc) is 3.08. The Hall–Kier alpha value is -2.90. The van der Waals surface area contributed by atoms with Crippen LogP contribution in [0.3, 0.4) is 0 Å². The van der Waals surface area contributed by atoms with Crippen LogP contribution < -0.4 is 15.8 Å². The molecule has 2 heterocycles. The molecule has 1 aliphatic heterocycles. The lowest BCUT2D eigenvalue weighted by Crippen LogP contribution is -2.33. The maximum atomic E-state index is 12.7. The Kier molecular flexibility index (Phi) is 7.62. The van der Waals surface area contributed by atoms with E-state index in [1.807, 2.05) is 24.0 Å². The van der Waals surface area contributed by atoms with Gasteiger partial charge in [-0.1, -0.05) is 31.4 Å². The second-order valence-corrected chi connectivity index (χ2v) is 8.91. The highest BCUT2D eigenvalue weighted by Gasteiger charge is 2.14. The van der Waals surface area contributed by atoms with Crippen molar-refractivity contribution >= 4 is 39.8 Å². The van der Waals surface area contributed by atoms with E-state index >= 15 is 0 Å². The summed E-state index contributed by atoms with van der Waals surface area (Å²) < 4.78 is 0. The van der Waals surface area contributed by atoms with Crippen molar-refractivity contribution in [1.29, 1.82) is 0 Å². The minimum absolute atomic E-state index is 0.106. The fourth-order valence-electron chi connectivity index (χ4n) is 4.22. The van der Waals surface area contributed by atoms with Crippen LogP contribution in [0, 0.1) is 0 Å². The SMILES string of the molecule is CCN(CC(=O)Nc1ccc(N2CCCCCC2)cc1)Cc1nc2cc(Cl)ccc2c(=O)[nH]1. The van der Waals surface area contributed by atoms with Crippen LogP contribution in [0.4, 0.5) is 11.4 Å². The molecule has 174 valence electrons. The van der Waals surface area contributed by atoms with Crippen LogP contribution >= 0.6 is 11.6 Å². The number of halogens is 1. The third-order valence-electron chi connectivity index (χ3n) is 6.03. The number of likely N-dealkylation sites (N-methyl/N-ethyl adjacent to an activating group) is 1. The van der Waals surface area contributed by atoms with E-state index in [0.29, 0.717) is 34.8 Å². The summed E-state index contributed by atoms with van der Waals surface area (Å²) in [4.78, 5) is 36.7. The van der Waals surface area contributed by atoms with E-state index in [-0.39, 0.29) is 18.0 Å². The van der Waals surface area contributed by atoms with Crippen molar-refractivity contribution in [2.75, 3.05) is 36.4 Å². The summed E-state index contributed by atoms with van der Waals surface area (Å²) in [5.41, 5.74) is 2.32. The van der Waals surface area contributed by atoms with Crippen LogP contribution in [0.2, 0.25) is 5.02 Å². The molecule has 1 aromatic heterocycles. The summed E-state index contributed by atoms with van der Waals surface area (Å²) in [5.74, 6) is 0.400. The lowest BCUT2D eigenvalue weighted by Gasteiger charge is -2.23. The molecular formula is C25H30ClN5O2. The lowest BCUT2D eigenvalue weighted by molar-refractivity contribution is -0.117. The van der Waals surface area contributed by atoms with Gasteiger partial charge in [0.25, 0.3) is 5.56 Å². The first kappa shape index (κ1) is 23.3. The smallest absolute Gasteiger partial charge is 0.258 e. The van der Waals surface area contributed by atoms with Gasteiger partial charge in [-0.25, -0.2) is 4.98 Å². The fraction of sp³-hybridized carbons (Fsp3) is 0.400. The van der Waals surface area contributed by atoms with Gasteiger partial charge >= 0.3 is 0 Å². The maximum Gasteiger partial charge on any atom is 0.258 e. The second kappa shape index (κ2) is 10.8. The van der Waals surface area contributed by atoms with Gasteiger partial charge in [-0.15, -0.1) is 0 Å². The molecule has 1 saturated heterocycles. The van der Waals surface area contributed by atoms with Gasteiger partial charge in [-0.2, -0.15) is 0 Å². The van der Waals surface area contributed by atoms with E-state index in [2.05, 4.69) is 32.3 Å². The van der Waals surface area contributed by atoms with Gasteiger partial charge in [0.2, 0.25) is 5.91 Å². The summed E-state index contributed by atoms with van der Waals surface area (Å²) in [6.45, 7) is 5.34. The molecule has 1 aliphatic rings. The fourth-order valence-corrected chi connectivity index (χ4v) is 4.38. The number of rotatable bonds is 7. The number of hydrogen-bond acceptors (Lipinski definition) is 5. The predicted octanol–water partition coefficient (Wildman–Crippen LogP) is 4.42. The Morgan fingerprint density at radius 2 is 1.85 bits per heavy atom. The summed E-state index contributed by atoms with van der Waals surface area (Å²) in [7, 11) is 0. The molecule has 1 fully saturated rings. The van der Waals surface area contributed by atoms with Gasteiger partial charge < -0.3 is 15.2 Å². The molecule has 3 aromatic rings. The number of aromatic amines is 1. The molecule has 8 heteroatoms. The summed E-state index contributed by atoms with van der Waals surface area (Å²) >= 11 is 6.05. The largest absolute Gasteiger partial charge is 0.372 e. The zero-order valence-corrected chi connectivity index (χ0v) is 19.7. The van der Waals surface area contributed by atoms with Crippen molar-refractivity contribution in [3.8, 4) is 0 Å².